The number of nitrogens with zero attached hydrogens (tertiary/aromatic N) is 3. The molecule has 0 atom stereocenters. The van der Waals surface area contributed by atoms with Gasteiger partial charge in [0.2, 0.25) is 0 Å². The van der Waals surface area contributed by atoms with E-state index >= 15 is 0 Å². The number of nitrogens with one attached hydrogen (secondary N) is 1. The monoisotopic (exact) mass is 604 g/mol. The standard InChI is InChI=1S/C27H32F4N4O5.ClH/c1-16(2)40-25(37)18-14-35(15-26(3,4)21-22(18)32-33-23(21)27(29,30)31)24(36)17-5-6-20(19(28)13-17)39-12-9-34-7-10-38-11-8-34;/h5-6,13-14,16H,7-12,15H2,1-4H3,(H,32,33);1H. The van der Waals surface area contributed by atoms with Gasteiger partial charge in [0.25, 0.3) is 5.91 Å². The Balaban J connectivity index is 0.00000462. The Morgan fingerprint density at radius 3 is 2.49 bits per heavy atom. The maximum atomic E-state index is 14.9. The highest BCUT2D eigenvalue weighted by molar-refractivity contribution is 6.17. The summed E-state index contributed by atoms with van der Waals surface area (Å²) in [6.07, 6.45) is -4.25. The molecule has 2 aliphatic heterocycles. The summed E-state index contributed by atoms with van der Waals surface area (Å²) < 4.78 is 72.6. The number of alkyl halides is 3. The molecule has 3 heterocycles. The Bertz CT molecular complexity index is 1290. The average Bonchev–Trinajstić information content (AvgIpc) is 3.29. The number of H-pyrrole nitrogens is 1. The van der Waals surface area contributed by atoms with Crippen LogP contribution in [0, 0.1) is 5.82 Å². The van der Waals surface area contributed by atoms with Crippen molar-refractivity contribution in [2.24, 2.45) is 0 Å². The van der Waals surface area contributed by atoms with Crippen molar-refractivity contribution >= 4 is 29.9 Å². The van der Waals surface area contributed by atoms with Crippen LogP contribution in [0.4, 0.5) is 17.6 Å². The zero-order valence-electron chi connectivity index (χ0n) is 23.1. The van der Waals surface area contributed by atoms with Crippen LogP contribution in [0.15, 0.2) is 24.4 Å². The van der Waals surface area contributed by atoms with E-state index in [1.807, 2.05) is 5.10 Å². The first-order valence-electron chi connectivity index (χ1n) is 12.9. The molecule has 1 fully saturated rings. The minimum atomic E-state index is -4.79. The molecule has 0 aliphatic carbocycles. The van der Waals surface area contributed by atoms with Crippen LogP contribution in [0.25, 0.3) is 5.57 Å². The predicted molar refractivity (Wildman–Crippen MR) is 143 cm³/mol. The quantitative estimate of drug-likeness (QED) is 0.369. The Hall–Kier alpha value is -3.16. The van der Waals surface area contributed by atoms with Crippen LogP contribution in [0.1, 0.15) is 55.0 Å². The number of aromatic amines is 1. The van der Waals surface area contributed by atoms with E-state index in [2.05, 4.69) is 10.00 Å². The molecule has 1 aromatic heterocycles. The summed E-state index contributed by atoms with van der Waals surface area (Å²) in [5.41, 5.74) is -3.34. The zero-order valence-corrected chi connectivity index (χ0v) is 24.0. The molecular formula is C27H33ClF4N4O5. The first kappa shape index (κ1) is 32.4. The van der Waals surface area contributed by atoms with Crippen molar-refractivity contribution in [3.8, 4) is 5.75 Å². The Kier molecular flexibility index (Phi) is 10.1. The lowest BCUT2D eigenvalue weighted by Crippen LogP contribution is -2.38. The molecule has 1 saturated heterocycles. The number of fused-ring (bicyclic) bond motifs is 1. The third-order valence-corrected chi connectivity index (χ3v) is 6.60. The molecule has 4 rings (SSSR count). The minimum Gasteiger partial charge on any atom is -0.489 e. The largest absolute Gasteiger partial charge is 0.489 e. The number of hydrogen-bond donors (Lipinski definition) is 1. The van der Waals surface area contributed by atoms with Crippen molar-refractivity contribution in [1.29, 1.82) is 0 Å². The number of amides is 1. The molecule has 2 aliphatic rings. The van der Waals surface area contributed by atoms with E-state index in [-0.39, 0.29) is 53.7 Å². The number of halogens is 5. The number of carbonyl (C=O) groups is 2. The number of carbonyl (C=O) groups excluding carboxylic acids is 2. The molecule has 2 aromatic rings. The summed E-state index contributed by atoms with van der Waals surface area (Å²) in [7, 11) is 0. The van der Waals surface area contributed by atoms with Crippen LogP contribution < -0.4 is 4.74 Å². The Morgan fingerprint density at radius 2 is 1.88 bits per heavy atom. The summed E-state index contributed by atoms with van der Waals surface area (Å²) in [4.78, 5) is 29.7. The van der Waals surface area contributed by atoms with Crippen molar-refractivity contribution in [2.45, 2.75) is 45.4 Å². The van der Waals surface area contributed by atoms with E-state index < -0.39 is 41.1 Å². The van der Waals surface area contributed by atoms with Gasteiger partial charge in [-0.05, 0) is 32.0 Å². The topological polar surface area (TPSA) is 97.0 Å². The highest BCUT2D eigenvalue weighted by Crippen LogP contribution is 2.42. The molecule has 0 radical (unpaired) electrons. The van der Waals surface area contributed by atoms with Gasteiger partial charge in [-0.3, -0.25) is 14.8 Å². The van der Waals surface area contributed by atoms with E-state index in [4.69, 9.17) is 14.2 Å². The molecule has 1 aromatic carbocycles. The molecule has 226 valence electrons. The van der Waals surface area contributed by atoms with Crippen LogP contribution in [-0.4, -0.2) is 84.0 Å². The van der Waals surface area contributed by atoms with Crippen molar-refractivity contribution in [2.75, 3.05) is 46.0 Å². The smallest absolute Gasteiger partial charge is 0.433 e. The average molecular weight is 605 g/mol. The van der Waals surface area contributed by atoms with Gasteiger partial charge in [0.1, 0.15) is 23.6 Å². The maximum Gasteiger partial charge on any atom is 0.433 e. The van der Waals surface area contributed by atoms with E-state index in [1.165, 1.54) is 26.0 Å². The number of hydrogen-bond acceptors (Lipinski definition) is 7. The lowest BCUT2D eigenvalue weighted by molar-refractivity contribution is -0.142. The number of benzene rings is 1. The van der Waals surface area contributed by atoms with Crippen molar-refractivity contribution < 1.29 is 41.4 Å². The summed E-state index contributed by atoms with van der Waals surface area (Å²) in [5.74, 6) is -2.46. The van der Waals surface area contributed by atoms with Crippen LogP contribution >= 0.6 is 12.4 Å². The number of ether oxygens (including phenoxy) is 3. The van der Waals surface area contributed by atoms with Gasteiger partial charge in [-0.2, -0.15) is 18.3 Å². The fourth-order valence-corrected chi connectivity index (χ4v) is 4.75. The third-order valence-electron chi connectivity index (χ3n) is 6.60. The normalized spacial score (nSPS) is 17.3. The second-order valence-electron chi connectivity index (χ2n) is 10.6. The van der Waals surface area contributed by atoms with Gasteiger partial charge in [0.15, 0.2) is 11.6 Å². The second kappa shape index (κ2) is 12.8. The number of rotatable bonds is 7. The van der Waals surface area contributed by atoms with Gasteiger partial charge < -0.3 is 19.1 Å². The molecule has 0 spiro atoms. The summed E-state index contributed by atoms with van der Waals surface area (Å²) >= 11 is 0. The summed E-state index contributed by atoms with van der Waals surface area (Å²) in [6, 6.07) is 3.70. The lowest BCUT2D eigenvalue weighted by Gasteiger charge is -2.30. The second-order valence-corrected chi connectivity index (χ2v) is 10.6. The molecule has 14 heteroatoms. The van der Waals surface area contributed by atoms with Gasteiger partial charge in [-0.1, -0.05) is 13.8 Å². The molecule has 0 bridgehead atoms. The van der Waals surface area contributed by atoms with Gasteiger partial charge in [-0.15, -0.1) is 12.4 Å². The van der Waals surface area contributed by atoms with Gasteiger partial charge >= 0.3 is 12.1 Å². The maximum absolute atomic E-state index is 14.9. The number of morpholine rings is 1. The number of aromatic nitrogens is 2. The van der Waals surface area contributed by atoms with E-state index in [0.29, 0.717) is 19.8 Å². The number of esters is 1. The van der Waals surface area contributed by atoms with E-state index in [0.717, 1.165) is 30.3 Å². The van der Waals surface area contributed by atoms with Crippen LogP contribution in [0.3, 0.4) is 0 Å². The SMILES string of the molecule is CC(C)OC(=O)C1=CN(C(=O)c2ccc(OCCN3CCOCC3)c(F)c2)CC(C)(C)c2c1n[nH]c2C(F)(F)F.Cl. The highest BCUT2D eigenvalue weighted by Gasteiger charge is 2.46. The molecule has 1 N–H and O–H groups in total. The van der Waals surface area contributed by atoms with Gasteiger partial charge in [-0.25, -0.2) is 9.18 Å². The third kappa shape index (κ3) is 7.38. The van der Waals surface area contributed by atoms with Crippen molar-refractivity contribution in [3.63, 3.8) is 0 Å². The Labute approximate surface area is 241 Å². The fraction of sp³-hybridized carbons (Fsp3) is 0.519. The van der Waals surface area contributed by atoms with Gasteiger partial charge in [0, 0.05) is 48.9 Å². The molecule has 0 unspecified atom stereocenters. The molecule has 41 heavy (non-hydrogen) atoms. The van der Waals surface area contributed by atoms with E-state index in [1.54, 1.807) is 13.8 Å². The lowest BCUT2D eigenvalue weighted by atomic mass is 9.81. The predicted octanol–water partition coefficient (Wildman–Crippen LogP) is 4.43. The minimum absolute atomic E-state index is 0. The Morgan fingerprint density at radius 1 is 1.20 bits per heavy atom. The van der Waals surface area contributed by atoms with E-state index in [9.17, 15) is 27.2 Å². The van der Waals surface area contributed by atoms with Gasteiger partial charge in [0.05, 0.1) is 19.3 Å². The first-order valence-corrected chi connectivity index (χ1v) is 12.9. The highest BCUT2D eigenvalue weighted by atomic mass is 35.5. The van der Waals surface area contributed by atoms with Crippen molar-refractivity contribution in [1.82, 2.24) is 20.0 Å². The molecule has 9 nitrogen and oxygen atoms in total. The zero-order chi connectivity index (χ0) is 29.2. The van der Waals surface area contributed by atoms with Crippen LogP contribution in [-0.2, 0) is 25.9 Å². The van der Waals surface area contributed by atoms with Crippen LogP contribution in [0.5, 0.6) is 5.75 Å². The van der Waals surface area contributed by atoms with Crippen molar-refractivity contribution in [3.05, 3.63) is 52.7 Å². The fourth-order valence-electron chi connectivity index (χ4n) is 4.75. The summed E-state index contributed by atoms with van der Waals surface area (Å²) in [5, 5.41) is 5.81. The van der Waals surface area contributed by atoms with Crippen LogP contribution in [0.2, 0.25) is 0 Å². The first-order chi connectivity index (χ1) is 18.8. The molecule has 0 saturated carbocycles. The molecular weight excluding hydrogens is 572 g/mol. The molecule has 1 amide bonds. The summed E-state index contributed by atoms with van der Waals surface area (Å²) in [6.45, 7) is 9.53.